The zero-order valence-corrected chi connectivity index (χ0v) is 7.94. The summed E-state index contributed by atoms with van der Waals surface area (Å²) >= 11 is 0. The van der Waals surface area contributed by atoms with Crippen molar-refractivity contribution in [2.24, 2.45) is 5.73 Å². The van der Waals surface area contributed by atoms with E-state index in [1.807, 2.05) is 18.2 Å². The first-order chi connectivity index (χ1) is 6.75. The molecule has 1 aromatic rings. The maximum Gasteiger partial charge on any atom is 0.158 e. The topological polar surface area (TPSA) is 43.1 Å². The van der Waals surface area contributed by atoms with Crippen molar-refractivity contribution in [3.05, 3.63) is 47.7 Å². The Kier molecular flexibility index (Phi) is 2.35. The Balaban J connectivity index is 2.22. The minimum absolute atomic E-state index is 0.141. The summed E-state index contributed by atoms with van der Waals surface area (Å²) in [5.74, 6) is 0.413. The number of allylic oxidation sites excluding steroid dienone is 2. The molecule has 1 atom stereocenters. The molecule has 0 unspecified atom stereocenters. The van der Waals surface area contributed by atoms with Gasteiger partial charge in [0.1, 0.15) is 0 Å². The molecule has 14 heavy (non-hydrogen) atoms. The number of carbonyl (C=O) groups is 1. The van der Waals surface area contributed by atoms with Crippen molar-refractivity contribution in [3.8, 4) is 0 Å². The highest BCUT2D eigenvalue weighted by molar-refractivity contribution is 5.91. The molecule has 0 radical (unpaired) electrons. The molecule has 0 heterocycles. The summed E-state index contributed by atoms with van der Waals surface area (Å²) in [6, 6.07) is 10.1. The summed E-state index contributed by atoms with van der Waals surface area (Å²) < 4.78 is 0. The van der Waals surface area contributed by atoms with Crippen LogP contribution >= 0.6 is 0 Å². The fraction of sp³-hybridized carbons (Fsp3) is 0.250. The number of benzene rings is 1. The van der Waals surface area contributed by atoms with Crippen LogP contribution in [0.5, 0.6) is 0 Å². The van der Waals surface area contributed by atoms with E-state index in [1.165, 1.54) is 5.56 Å². The van der Waals surface area contributed by atoms with Crippen LogP contribution in [-0.2, 0) is 4.79 Å². The molecule has 0 aromatic heterocycles. The van der Waals surface area contributed by atoms with Gasteiger partial charge in [0.25, 0.3) is 0 Å². The van der Waals surface area contributed by atoms with Crippen LogP contribution in [0.25, 0.3) is 0 Å². The largest absolute Gasteiger partial charge is 0.402 e. The third kappa shape index (κ3) is 1.84. The lowest BCUT2D eigenvalue weighted by molar-refractivity contribution is -0.115. The van der Waals surface area contributed by atoms with Gasteiger partial charge in [-0.1, -0.05) is 30.3 Å². The van der Waals surface area contributed by atoms with Crippen LogP contribution in [0, 0.1) is 0 Å². The van der Waals surface area contributed by atoms with E-state index >= 15 is 0 Å². The van der Waals surface area contributed by atoms with Gasteiger partial charge < -0.3 is 5.73 Å². The van der Waals surface area contributed by atoms with Gasteiger partial charge in [-0.25, -0.2) is 0 Å². The molecule has 0 bridgehead atoms. The normalized spacial score (nSPS) is 21.9. The van der Waals surface area contributed by atoms with E-state index in [9.17, 15) is 4.79 Å². The number of nitrogens with two attached hydrogens (primary N) is 1. The molecule has 2 N–H and O–H groups in total. The molecule has 0 spiro atoms. The van der Waals surface area contributed by atoms with E-state index in [1.54, 1.807) is 6.08 Å². The van der Waals surface area contributed by atoms with Gasteiger partial charge in [-0.05, 0) is 24.0 Å². The Morgan fingerprint density at radius 3 is 2.50 bits per heavy atom. The number of carbonyl (C=O) groups excluding carboxylic acids is 1. The Bertz CT molecular complexity index is 367. The molecule has 2 rings (SSSR count). The summed E-state index contributed by atoms with van der Waals surface area (Å²) in [5, 5.41) is 0. The minimum atomic E-state index is 0.141. The molecule has 2 nitrogen and oxygen atoms in total. The van der Waals surface area contributed by atoms with Crippen molar-refractivity contribution >= 4 is 5.78 Å². The van der Waals surface area contributed by atoms with Gasteiger partial charge in [-0.2, -0.15) is 0 Å². The zero-order chi connectivity index (χ0) is 9.97. The average Bonchev–Trinajstić information content (AvgIpc) is 2.18. The molecule has 1 aliphatic rings. The standard InChI is InChI=1S/C12H13NO/c13-11-6-10(7-12(14)8-11)9-4-2-1-3-5-9/h1-5,8,10H,6-7,13H2/t10-/m1/s1. The molecule has 1 aliphatic carbocycles. The lowest BCUT2D eigenvalue weighted by Crippen LogP contribution is -2.16. The summed E-state index contributed by atoms with van der Waals surface area (Å²) in [6.07, 6.45) is 2.94. The molecule has 2 heteroatoms. The number of hydrogen-bond acceptors (Lipinski definition) is 2. The van der Waals surface area contributed by atoms with Gasteiger partial charge in [0.2, 0.25) is 0 Å². The Morgan fingerprint density at radius 2 is 1.86 bits per heavy atom. The van der Waals surface area contributed by atoms with E-state index in [4.69, 9.17) is 5.73 Å². The SMILES string of the molecule is NC1=CC(=O)C[C@H](c2ccccc2)C1. The maximum atomic E-state index is 11.3. The van der Waals surface area contributed by atoms with Crippen molar-refractivity contribution < 1.29 is 4.79 Å². The van der Waals surface area contributed by atoms with Crippen molar-refractivity contribution in [2.45, 2.75) is 18.8 Å². The summed E-state index contributed by atoms with van der Waals surface area (Å²) in [6.45, 7) is 0. The second-order valence-corrected chi connectivity index (χ2v) is 3.70. The highest BCUT2D eigenvalue weighted by Gasteiger charge is 2.20. The second kappa shape index (κ2) is 3.66. The molecule has 0 saturated carbocycles. The summed E-state index contributed by atoms with van der Waals surface area (Å²) in [7, 11) is 0. The van der Waals surface area contributed by atoms with Crippen molar-refractivity contribution in [3.63, 3.8) is 0 Å². The smallest absolute Gasteiger partial charge is 0.158 e. The summed E-state index contributed by atoms with van der Waals surface area (Å²) in [5.41, 5.74) is 7.60. The minimum Gasteiger partial charge on any atom is -0.402 e. The van der Waals surface area contributed by atoms with Crippen molar-refractivity contribution in [1.82, 2.24) is 0 Å². The predicted molar refractivity (Wildman–Crippen MR) is 55.7 cm³/mol. The Labute approximate surface area is 83.4 Å². The van der Waals surface area contributed by atoms with Crippen LogP contribution in [0.3, 0.4) is 0 Å². The number of rotatable bonds is 1. The van der Waals surface area contributed by atoms with Crippen LogP contribution in [0.2, 0.25) is 0 Å². The lowest BCUT2D eigenvalue weighted by Gasteiger charge is -2.20. The van der Waals surface area contributed by atoms with E-state index in [-0.39, 0.29) is 11.7 Å². The number of ketones is 1. The first-order valence-corrected chi connectivity index (χ1v) is 4.79. The van der Waals surface area contributed by atoms with Gasteiger partial charge in [0.05, 0.1) is 0 Å². The van der Waals surface area contributed by atoms with Crippen molar-refractivity contribution in [2.75, 3.05) is 0 Å². The average molecular weight is 187 g/mol. The molecule has 0 amide bonds. The lowest BCUT2D eigenvalue weighted by atomic mass is 9.86. The Hall–Kier alpha value is -1.57. The quantitative estimate of drug-likeness (QED) is 0.730. The first-order valence-electron chi connectivity index (χ1n) is 4.79. The van der Waals surface area contributed by atoms with E-state index < -0.39 is 0 Å². The van der Waals surface area contributed by atoms with Gasteiger partial charge in [-0.15, -0.1) is 0 Å². The molecular weight excluding hydrogens is 174 g/mol. The van der Waals surface area contributed by atoms with E-state index in [2.05, 4.69) is 12.1 Å². The maximum absolute atomic E-state index is 11.3. The van der Waals surface area contributed by atoms with Crippen LogP contribution in [-0.4, -0.2) is 5.78 Å². The van der Waals surface area contributed by atoms with Crippen LogP contribution < -0.4 is 5.73 Å². The van der Waals surface area contributed by atoms with E-state index in [0.717, 1.165) is 6.42 Å². The molecule has 72 valence electrons. The third-order valence-corrected chi connectivity index (χ3v) is 2.55. The Morgan fingerprint density at radius 1 is 1.14 bits per heavy atom. The zero-order valence-electron chi connectivity index (χ0n) is 7.94. The van der Waals surface area contributed by atoms with Gasteiger partial charge in [-0.3, -0.25) is 4.79 Å². The molecule has 1 aromatic carbocycles. The van der Waals surface area contributed by atoms with Crippen LogP contribution in [0.15, 0.2) is 42.1 Å². The molecule has 0 fully saturated rings. The highest BCUT2D eigenvalue weighted by Crippen LogP contribution is 2.29. The highest BCUT2D eigenvalue weighted by atomic mass is 16.1. The molecule has 0 saturated heterocycles. The molecule has 0 aliphatic heterocycles. The fourth-order valence-electron chi connectivity index (χ4n) is 1.89. The predicted octanol–water partition coefficient (Wildman–Crippen LogP) is 1.98. The molecular formula is C12H13NO. The summed E-state index contributed by atoms with van der Waals surface area (Å²) in [4.78, 5) is 11.3. The number of hydrogen-bond donors (Lipinski definition) is 1. The van der Waals surface area contributed by atoms with Crippen LogP contribution in [0.1, 0.15) is 24.3 Å². The fourth-order valence-corrected chi connectivity index (χ4v) is 1.89. The van der Waals surface area contributed by atoms with Crippen molar-refractivity contribution in [1.29, 1.82) is 0 Å². The first kappa shape index (κ1) is 9.00. The monoisotopic (exact) mass is 187 g/mol. The van der Waals surface area contributed by atoms with Gasteiger partial charge in [0.15, 0.2) is 5.78 Å². The second-order valence-electron chi connectivity index (χ2n) is 3.70. The van der Waals surface area contributed by atoms with Gasteiger partial charge >= 0.3 is 0 Å². The van der Waals surface area contributed by atoms with Gasteiger partial charge in [0, 0.05) is 12.1 Å². The third-order valence-electron chi connectivity index (χ3n) is 2.55. The van der Waals surface area contributed by atoms with E-state index in [0.29, 0.717) is 12.1 Å². The van der Waals surface area contributed by atoms with Crippen LogP contribution in [0.4, 0.5) is 0 Å².